The van der Waals surface area contributed by atoms with Gasteiger partial charge in [0.2, 0.25) is 0 Å². The molecule has 0 saturated heterocycles. The fourth-order valence-corrected chi connectivity index (χ4v) is 5.24. The Balaban J connectivity index is 1.60. The standard InChI is InChI=1S/C24H31NO2/c1-24(2)15-20-14-19(23(26)27)11-12-21(20)25-22(24)18-10-6-9-17(13-18)16-7-4-3-5-8-16/h10-14,16,22,25H,3-9,15H2,1-2H3,(H,26,27). The number of carboxylic acid groups (broad SMARTS) is 1. The van der Waals surface area contributed by atoms with Gasteiger partial charge in [-0.1, -0.05) is 50.8 Å². The second-order valence-corrected chi connectivity index (χ2v) is 9.22. The monoisotopic (exact) mass is 365 g/mol. The summed E-state index contributed by atoms with van der Waals surface area (Å²) in [6, 6.07) is 5.76. The summed E-state index contributed by atoms with van der Waals surface area (Å²) < 4.78 is 0. The SMILES string of the molecule is CC1(C)Cc2cc(C(=O)O)ccc2NC1C1=CCCC(C2CCCCC2)=C1. The van der Waals surface area contributed by atoms with Crippen LogP contribution in [-0.2, 0) is 6.42 Å². The molecule has 1 fully saturated rings. The number of hydrogen-bond donors (Lipinski definition) is 2. The average Bonchev–Trinajstić information content (AvgIpc) is 2.67. The number of carbonyl (C=O) groups is 1. The second-order valence-electron chi connectivity index (χ2n) is 9.22. The quantitative estimate of drug-likeness (QED) is 0.693. The molecule has 1 aromatic carbocycles. The molecule has 4 rings (SSSR count). The van der Waals surface area contributed by atoms with Gasteiger partial charge in [-0.3, -0.25) is 0 Å². The number of hydrogen-bond acceptors (Lipinski definition) is 2. The molecule has 0 amide bonds. The third kappa shape index (κ3) is 3.69. The fourth-order valence-electron chi connectivity index (χ4n) is 5.24. The molecule has 1 aliphatic heterocycles. The Morgan fingerprint density at radius 1 is 1.19 bits per heavy atom. The highest BCUT2D eigenvalue weighted by Crippen LogP contribution is 2.43. The van der Waals surface area contributed by atoms with Gasteiger partial charge in [-0.25, -0.2) is 4.79 Å². The van der Waals surface area contributed by atoms with Gasteiger partial charge in [-0.2, -0.15) is 0 Å². The first kappa shape index (κ1) is 18.3. The van der Waals surface area contributed by atoms with Crippen molar-refractivity contribution in [3.63, 3.8) is 0 Å². The maximum Gasteiger partial charge on any atom is 0.335 e. The molecule has 0 bridgehead atoms. The number of rotatable bonds is 3. The predicted octanol–water partition coefficient (Wildman–Crippen LogP) is 5.97. The van der Waals surface area contributed by atoms with Gasteiger partial charge in [0.05, 0.1) is 11.6 Å². The molecule has 0 aromatic heterocycles. The van der Waals surface area contributed by atoms with E-state index in [1.54, 1.807) is 11.6 Å². The molecule has 3 heteroatoms. The lowest BCUT2D eigenvalue weighted by Gasteiger charge is -2.43. The minimum atomic E-state index is -0.854. The molecule has 1 unspecified atom stereocenters. The van der Waals surface area contributed by atoms with Gasteiger partial charge in [0.1, 0.15) is 0 Å². The normalized spacial score (nSPS) is 25.0. The van der Waals surface area contributed by atoms with Crippen LogP contribution in [0.1, 0.15) is 74.7 Å². The van der Waals surface area contributed by atoms with E-state index in [-0.39, 0.29) is 11.5 Å². The maximum absolute atomic E-state index is 11.3. The summed E-state index contributed by atoms with van der Waals surface area (Å²) in [5.41, 5.74) is 5.71. The van der Waals surface area contributed by atoms with E-state index in [0.29, 0.717) is 5.56 Å². The summed E-state index contributed by atoms with van der Waals surface area (Å²) in [5, 5.41) is 13.0. The lowest BCUT2D eigenvalue weighted by atomic mass is 9.70. The van der Waals surface area contributed by atoms with Crippen molar-refractivity contribution < 1.29 is 9.90 Å². The number of anilines is 1. The van der Waals surface area contributed by atoms with E-state index in [1.165, 1.54) is 44.1 Å². The second kappa shape index (κ2) is 7.18. The van der Waals surface area contributed by atoms with Gasteiger partial charge in [0.25, 0.3) is 0 Å². The summed E-state index contributed by atoms with van der Waals surface area (Å²) in [4.78, 5) is 11.3. The van der Waals surface area contributed by atoms with E-state index >= 15 is 0 Å². The number of fused-ring (bicyclic) bond motifs is 1. The number of aromatic carboxylic acids is 1. The van der Waals surface area contributed by atoms with Crippen molar-refractivity contribution in [3.05, 3.63) is 52.6 Å². The maximum atomic E-state index is 11.3. The average molecular weight is 366 g/mol. The molecule has 1 aromatic rings. The van der Waals surface area contributed by atoms with Crippen molar-refractivity contribution in [1.29, 1.82) is 0 Å². The van der Waals surface area contributed by atoms with E-state index in [9.17, 15) is 9.90 Å². The van der Waals surface area contributed by atoms with Crippen LogP contribution in [0.3, 0.4) is 0 Å². The van der Waals surface area contributed by atoms with Gasteiger partial charge in [-0.15, -0.1) is 0 Å². The predicted molar refractivity (Wildman–Crippen MR) is 110 cm³/mol. The Morgan fingerprint density at radius 2 is 1.96 bits per heavy atom. The van der Waals surface area contributed by atoms with Crippen LogP contribution in [0.5, 0.6) is 0 Å². The Kier molecular flexibility index (Phi) is 4.88. The van der Waals surface area contributed by atoms with Crippen LogP contribution in [0.2, 0.25) is 0 Å². The molecule has 27 heavy (non-hydrogen) atoms. The molecular weight excluding hydrogens is 334 g/mol. The van der Waals surface area contributed by atoms with Crippen molar-refractivity contribution in [2.45, 2.75) is 71.3 Å². The number of nitrogens with one attached hydrogen (secondary N) is 1. The van der Waals surface area contributed by atoms with Crippen LogP contribution in [0.15, 0.2) is 41.5 Å². The van der Waals surface area contributed by atoms with Crippen LogP contribution < -0.4 is 5.32 Å². The minimum Gasteiger partial charge on any atom is -0.478 e. The Morgan fingerprint density at radius 3 is 2.70 bits per heavy atom. The van der Waals surface area contributed by atoms with Crippen LogP contribution in [-0.4, -0.2) is 17.1 Å². The smallest absolute Gasteiger partial charge is 0.335 e. The molecule has 2 aliphatic carbocycles. The lowest BCUT2D eigenvalue weighted by Crippen LogP contribution is -2.43. The third-order valence-electron chi connectivity index (χ3n) is 6.71. The summed E-state index contributed by atoms with van der Waals surface area (Å²) in [6.07, 6.45) is 15.1. The van der Waals surface area contributed by atoms with E-state index < -0.39 is 5.97 Å². The Labute approximate surface area is 162 Å². The van der Waals surface area contributed by atoms with Crippen LogP contribution in [0, 0.1) is 11.3 Å². The van der Waals surface area contributed by atoms with Crippen molar-refractivity contribution in [2.24, 2.45) is 11.3 Å². The summed E-state index contributed by atoms with van der Waals surface area (Å²) in [5.74, 6) is -0.0626. The lowest BCUT2D eigenvalue weighted by molar-refractivity contribution is 0.0696. The van der Waals surface area contributed by atoms with Crippen molar-refractivity contribution >= 4 is 11.7 Å². The Hall–Kier alpha value is -2.03. The number of benzene rings is 1. The first-order valence-corrected chi connectivity index (χ1v) is 10.5. The van der Waals surface area contributed by atoms with E-state index in [4.69, 9.17) is 0 Å². The number of allylic oxidation sites excluding steroid dienone is 2. The summed E-state index contributed by atoms with van der Waals surface area (Å²) in [7, 11) is 0. The molecule has 1 heterocycles. The summed E-state index contributed by atoms with van der Waals surface area (Å²) >= 11 is 0. The summed E-state index contributed by atoms with van der Waals surface area (Å²) in [6.45, 7) is 4.59. The van der Waals surface area contributed by atoms with Crippen molar-refractivity contribution in [2.75, 3.05) is 5.32 Å². The molecule has 2 N–H and O–H groups in total. The molecule has 1 atom stereocenters. The molecule has 3 nitrogen and oxygen atoms in total. The van der Waals surface area contributed by atoms with Crippen molar-refractivity contribution in [3.8, 4) is 0 Å². The van der Waals surface area contributed by atoms with Crippen LogP contribution >= 0.6 is 0 Å². The van der Waals surface area contributed by atoms with E-state index in [2.05, 4.69) is 31.3 Å². The molecule has 0 spiro atoms. The highest BCUT2D eigenvalue weighted by atomic mass is 16.4. The molecule has 3 aliphatic rings. The highest BCUT2D eigenvalue weighted by molar-refractivity contribution is 5.88. The third-order valence-corrected chi connectivity index (χ3v) is 6.71. The van der Waals surface area contributed by atoms with Gasteiger partial charge < -0.3 is 10.4 Å². The fraction of sp³-hybridized carbons (Fsp3) is 0.542. The Bertz CT molecular complexity index is 797. The zero-order valence-corrected chi connectivity index (χ0v) is 16.6. The van der Waals surface area contributed by atoms with Gasteiger partial charge in [0, 0.05) is 5.69 Å². The van der Waals surface area contributed by atoms with Gasteiger partial charge in [0.15, 0.2) is 0 Å². The first-order chi connectivity index (χ1) is 12.9. The van der Waals surface area contributed by atoms with Gasteiger partial charge in [-0.05, 0) is 72.8 Å². The van der Waals surface area contributed by atoms with Crippen LogP contribution in [0.4, 0.5) is 5.69 Å². The highest BCUT2D eigenvalue weighted by Gasteiger charge is 2.37. The topological polar surface area (TPSA) is 49.3 Å². The zero-order chi connectivity index (χ0) is 19.0. The largest absolute Gasteiger partial charge is 0.478 e. The van der Waals surface area contributed by atoms with Crippen molar-refractivity contribution in [1.82, 2.24) is 0 Å². The zero-order valence-electron chi connectivity index (χ0n) is 16.6. The first-order valence-electron chi connectivity index (χ1n) is 10.5. The van der Waals surface area contributed by atoms with E-state index in [0.717, 1.165) is 30.0 Å². The van der Waals surface area contributed by atoms with Crippen LogP contribution in [0.25, 0.3) is 0 Å². The number of carboxylic acids is 1. The molecule has 144 valence electrons. The minimum absolute atomic E-state index is 0.0431. The van der Waals surface area contributed by atoms with Gasteiger partial charge >= 0.3 is 5.97 Å². The molecule has 1 saturated carbocycles. The molecule has 0 radical (unpaired) electrons. The van der Waals surface area contributed by atoms with E-state index in [1.807, 2.05) is 12.1 Å². The molecular formula is C24H31NO2.